The van der Waals surface area contributed by atoms with Crippen molar-refractivity contribution in [2.45, 2.75) is 13.3 Å². The first-order valence-corrected chi connectivity index (χ1v) is 4.61. The number of nitrogens with two attached hydrogens (primary N) is 1. The van der Waals surface area contributed by atoms with Gasteiger partial charge in [-0.25, -0.2) is 9.67 Å². The number of aromatic nitrogens is 4. The highest BCUT2D eigenvalue weighted by molar-refractivity contribution is 5.29. The molecule has 0 saturated carbocycles. The van der Waals surface area contributed by atoms with E-state index in [1.165, 1.54) is 10.7 Å². The summed E-state index contributed by atoms with van der Waals surface area (Å²) in [6, 6.07) is 3.03. The summed E-state index contributed by atoms with van der Waals surface area (Å²) in [5.74, 6) is 1.51. The molecule has 0 saturated heterocycles. The number of H-pyrrole nitrogens is 1. The van der Waals surface area contributed by atoms with Crippen molar-refractivity contribution in [1.29, 1.82) is 0 Å². The second-order valence-corrected chi connectivity index (χ2v) is 3.09. The molecule has 0 aliphatic heterocycles. The topological polar surface area (TPSA) is 89.6 Å². The van der Waals surface area contributed by atoms with Crippen molar-refractivity contribution in [3.63, 3.8) is 0 Å². The van der Waals surface area contributed by atoms with Crippen LogP contribution in [-0.2, 0) is 6.42 Å². The van der Waals surface area contributed by atoms with Crippen molar-refractivity contribution in [2.75, 3.05) is 5.73 Å². The second kappa shape index (κ2) is 3.56. The van der Waals surface area contributed by atoms with Crippen molar-refractivity contribution in [2.24, 2.45) is 0 Å². The predicted octanol–water partition coefficient (Wildman–Crippen LogP) is 0.100. The van der Waals surface area contributed by atoms with E-state index < -0.39 is 0 Å². The van der Waals surface area contributed by atoms with Gasteiger partial charge in [0, 0.05) is 24.8 Å². The zero-order valence-electron chi connectivity index (χ0n) is 8.27. The highest BCUT2D eigenvalue weighted by atomic mass is 16.1. The molecule has 0 aliphatic carbocycles. The molecule has 0 fully saturated rings. The Morgan fingerprint density at radius 2 is 2.40 bits per heavy atom. The Bertz CT molecular complexity index is 527. The maximum Gasteiger partial charge on any atom is 0.253 e. The van der Waals surface area contributed by atoms with Gasteiger partial charge in [0.15, 0.2) is 5.82 Å². The number of aromatic amines is 1. The summed E-state index contributed by atoms with van der Waals surface area (Å²) in [6.07, 6.45) is 2.33. The first-order valence-electron chi connectivity index (χ1n) is 4.61. The lowest BCUT2D eigenvalue weighted by atomic mass is 10.4. The molecule has 0 radical (unpaired) electrons. The van der Waals surface area contributed by atoms with Gasteiger partial charge < -0.3 is 10.7 Å². The first-order chi connectivity index (χ1) is 7.19. The van der Waals surface area contributed by atoms with E-state index in [-0.39, 0.29) is 5.56 Å². The largest absolute Gasteiger partial charge is 0.382 e. The Morgan fingerprint density at radius 3 is 3.00 bits per heavy atom. The smallest absolute Gasteiger partial charge is 0.253 e. The lowest BCUT2D eigenvalue weighted by Crippen LogP contribution is -2.13. The van der Waals surface area contributed by atoms with Gasteiger partial charge in [-0.2, -0.15) is 0 Å². The van der Waals surface area contributed by atoms with Gasteiger partial charge in [0.1, 0.15) is 11.6 Å². The van der Waals surface area contributed by atoms with E-state index in [1.54, 1.807) is 12.3 Å². The molecule has 15 heavy (non-hydrogen) atoms. The van der Waals surface area contributed by atoms with Gasteiger partial charge in [-0.15, -0.1) is 5.10 Å². The van der Waals surface area contributed by atoms with Gasteiger partial charge in [0.05, 0.1) is 0 Å². The van der Waals surface area contributed by atoms with Crippen LogP contribution in [-0.4, -0.2) is 19.7 Å². The molecule has 0 aromatic carbocycles. The van der Waals surface area contributed by atoms with Crippen LogP contribution in [0.2, 0.25) is 0 Å². The summed E-state index contributed by atoms with van der Waals surface area (Å²) in [4.78, 5) is 18.1. The quantitative estimate of drug-likeness (QED) is 0.727. The Kier molecular flexibility index (Phi) is 2.24. The lowest BCUT2D eigenvalue weighted by Gasteiger charge is -2.01. The predicted molar refractivity (Wildman–Crippen MR) is 55.8 cm³/mol. The van der Waals surface area contributed by atoms with Gasteiger partial charge in [0.25, 0.3) is 5.56 Å². The highest BCUT2D eigenvalue weighted by Gasteiger charge is 2.03. The third-order valence-corrected chi connectivity index (χ3v) is 1.96. The summed E-state index contributed by atoms with van der Waals surface area (Å²) in [7, 11) is 0. The minimum Gasteiger partial charge on any atom is -0.382 e. The average molecular weight is 205 g/mol. The maximum atomic E-state index is 11.3. The maximum absolute atomic E-state index is 11.3. The zero-order chi connectivity index (χ0) is 10.8. The second-order valence-electron chi connectivity index (χ2n) is 3.09. The SMILES string of the molecule is CCc1nc(-n2ccc(N)n2)cc(=O)[nH]1. The van der Waals surface area contributed by atoms with E-state index in [1.807, 2.05) is 6.92 Å². The van der Waals surface area contributed by atoms with E-state index in [4.69, 9.17) is 5.73 Å². The Hall–Kier alpha value is -2.11. The average Bonchev–Trinajstić information content (AvgIpc) is 2.64. The number of rotatable bonds is 2. The fraction of sp³-hybridized carbons (Fsp3) is 0.222. The molecule has 6 nitrogen and oxygen atoms in total. The molecule has 2 aromatic rings. The monoisotopic (exact) mass is 205 g/mol. The normalized spacial score (nSPS) is 10.5. The lowest BCUT2D eigenvalue weighted by molar-refractivity contribution is 0.808. The van der Waals surface area contributed by atoms with Crippen LogP contribution in [0.4, 0.5) is 5.82 Å². The Balaban J connectivity index is 2.53. The van der Waals surface area contributed by atoms with Crippen LogP contribution in [0.5, 0.6) is 0 Å². The number of nitrogens with zero attached hydrogens (tertiary/aromatic N) is 3. The number of nitrogens with one attached hydrogen (secondary N) is 1. The van der Waals surface area contributed by atoms with Crippen LogP contribution < -0.4 is 11.3 Å². The number of hydrogen-bond acceptors (Lipinski definition) is 4. The standard InChI is InChI=1S/C9H11N5O/c1-2-7-11-8(5-9(15)12-7)14-4-3-6(10)13-14/h3-5H,2H2,1H3,(H2,10,13)(H,11,12,15). The highest BCUT2D eigenvalue weighted by Crippen LogP contribution is 2.03. The van der Waals surface area contributed by atoms with Gasteiger partial charge in [0.2, 0.25) is 0 Å². The number of hydrogen-bond donors (Lipinski definition) is 2. The fourth-order valence-corrected chi connectivity index (χ4v) is 1.24. The van der Waals surface area contributed by atoms with Crippen LogP contribution in [0.25, 0.3) is 5.82 Å². The molecule has 0 aliphatic rings. The van der Waals surface area contributed by atoms with Crippen LogP contribution in [0, 0.1) is 0 Å². The van der Waals surface area contributed by atoms with E-state index in [2.05, 4.69) is 15.1 Å². The summed E-state index contributed by atoms with van der Waals surface area (Å²) >= 11 is 0. The van der Waals surface area contributed by atoms with Crippen molar-refractivity contribution in [3.05, 3.63) is 34.5 Å². The molecule has 2 heterocycles. The molecule has 0 unspecified atom stereocenters. The molecule has 0 amide bonds. The fourth-order valence-electron chi connectivity index (χ4n) is 1.24. The van der Waals surface area contributed by atoms with Gasteiger partial charge >= 0.3 is 0 Å². The molecule has 2 aromatic heterocycles. The first kappa shape index (κ1) is 9.45. The zero-order valence-corrected chi connectivity index (χ0v) is 8.27. The van der Waals surface area contributed by atoms with Crippen molar-refractivity contribution in [1.82, 2.24) is 19.7 Å². The van der Waals surface area contributed by atoms with Gasteiger partial charge in [-0.1, -0.05) is 6.92 Å². The molecular formula is C9H11N5O. The molecular weight excluding hydrogens is 194 g/mol. The minimum atomic E-state index is -0.189. The van der Waals surface area contributed by atoms with Crippen LogP contribution in [0.1, 0.15) is 12.7 Å². The van der Waals surface area contributed by atoms with E-state index in [9.17, 15) is 4.79 Å². The molecule has 2 rings (SSSR count). The molecule has 78 valence electrons. The summed E-state index contributed by atoms with van der Waals surface area (Å²) < 4.78 is 1.48. The third-order valence-electron chi connectivity index (χ3n) is 1.96. The van der Waals surface area contributed by atoms with Gasteiger partial charge in [-0.05, 0) is 0 Å². The van der Waals surface area contributed by atoms with E-state index in [0.29, 0.717) is 23.9 Å². The van der Waals surface area contributed by atoms with E-state index >= 15 is 0 Å². The summed E-state index contributed by atoms with van der Waals surface area (Å²) in [5, 5.41) is 3.98. The number of anilines is 1. The van der Waals surface area contributed by atoms with Crippen molar-refractivity contribution in [3.8, 4) is 5.82 Å². The van der Waals surface area contributed by atoms with Crippen LogP contribution in [0.3, 0.4) is 0 Å². The Labute approximate surface area is 85.8 Å². The summed E-state index contributed by atoms with van der Waals surface area (Å²) in [6.45, 7) is 1.92. The minimum absolute atomic E-state index is 0.189. The van der Waals surface area contributed by atoms with Crippen molar-refractivity contribution >= 4 is 5.82 Å². The molecule has 0 spiro atoms. The molecule has 3 N–H and O–H groups in total. The van der Waals surface area contributed by atoms with Crippen LogP contribution >= 0.6 is 0 Å². The molecule has 0 bridgehead atoms. The van der Waals surface area contributed by atoms with E-state index in [0.717, 1.165) is 0 Å². The van der Waals surface area contributed by atoms with Crippen molar-refractivity contribution < 1.29 is 0 Å². The number of nitrogen functional groups attached to an aromatic ring is 1. The third kappa shape index (κ3) is 1.88. The molecule has 6 heteroatoms. The Morgan fingerprint density at radius 1 is 1.60 bits per heavy atom. The summed E-state index contributed by atoms with van der Waals surface area (Å²) in [5.41, 5.74) is 5.29. The molecule has 0 atom stereocenters. The van der Waals surface area contributed by atoms with Gasteiger partial charge in [-0.3, -0.25) is 4.79 Å². The number of aryl methyl sites for hydroxylation is 1. The van der Waals surface area contributed by atoms with Crippen LogP contribution in [0.15, 0.2) is 23.1 Å².